The molecule has 2 rings (SSSR count). The average molecular weight is 258 g/mol. The maximum absolute atomic E-state index is 12.5. The third-order valence-electron chi connectivity index (χ3n) is 2.56. The average Bonchev–Trinajstić information content (AvgIpc) is 2.57. The topological polar surface area (TPSA) is 17.3 Å². The molecule has 6 heteroatoms. The van der Waals surface area contributed by atoms with Gasteiger partial charge in [-0.15, -0.1) is 0 Å². The van der Waals surface area contributed by atoms with Gasteiger partial charge in [0.25, 0.3) is 0 Å². The first-order valence-electron chi connectivity index (χ1n) is 5.25. The molecule has 0 aliphatic carbocycles. The molecule has 0 amide bonds. The molecule has 2 heterocycles. The van der Waals surface area contributed by atoms with E-state index in [2.05, 4.69) is 24.7 Å². The van der Waals surface area contributed by atoms with Crippen LogP contribution in [-0.4, -0.2) is 17.7 Å². The first kappa shape index (κ1) is 12.2. The number of hydrogen-bond acceptors (Lipinski definition) is 1. The van der Waals surface area contributed by atoms with E-state index < -0.39 is 19.8 Å². The zero-order valence-electron chi connectivity index (χ0n) is 9.84. The van der Waals surface area contributed by atoms with Crippen molar-refractivity contribution < 1.29 is 13.2 Å². The van der Waals surface area contributed by atoms with Crippen molar-refractivity contribution in [2.75, 3.05) is 0 Å². The summed E-state index contributed by atoms with van der Waals surface area (Å²) in [7, 11) is -1.59. The zero-order valence-corrected chi connectivity index (χ0v) is 10.8. The molecule has 0 radical (unpaired) electrons. The van der Waals surface area contributed by atoms with Crippen molar-refractivity contribution in [1.82, 2.24) is 9.61 Å². The van der Waals surface area contributed by atoms with E-state index in [-0.39, 0.29) is 0 Å². The first-order valence-corrected chi connectivity index (χ1v) is 8.75. The van der Waals surface area contributed by atoms with Gasteiger partial charge in [0, 0.05) is 11.5 Å². The largest absolute Gasteiger partial charge is 0.417 e. The van der Waals surface area contributed by atoms with Gasteiger partial charge in [0.2, 0.25) is 0 Å². The van der Waals surface area contributed by atoms with Gasteiger partial charge in [-0.1, -0.05) is 19.6 Å². The molecule has 2 aromatic heterocycles. The molecule has 2 aromatic rings. The Labute approximate surface area is 98.1 Å². The summed E-state index contributed by atoms with van der Waals surface area (Å²) in [4.78, 5) is 0. The minimum Gasteiger partial charge on any atom is -0.241 e. The standard InChI is InChI=1S/C11H13F3N2Si/c1-17(2,3)10-6-9-5-4-8(11(12,13)14)7-16(9)15-10/h4-7H,1-3H3. The van der Waals surface area contributed by atoms with Crippen molar-refractivity contribution in [2.24, 2.45) is 0 Å². The fraction of sp³-hybridized carbons (Fsp3) is 0.364. The second-order valence-electron chi connectivity index (χ2n) is 5.06. The summed E-state index contributed by atoms with van der Waals surface area (Å²) in [5.74, 6) is 0. The Bertz CT molecular complexity index is 540. The van der Waals surface area contributed by atoms with Crippen LogP contribution in [0.4, 0.5) is 13.2 Å². The fourth-order valence-electron chi connectivity index (χ4n) is 1.52. The minimum absolute atomic E-state index is 0.671. The predicted octanol–water partition coefficient (Wildman–Crippen LogP) is 2.90. The molecular weight excluding hydrogens is 245 g/mol. The monoisotopic (exact) mass is 258 g/mol. The van der Waals surface area contributed by atoms with E-state index in [0.717, 1.165) is 17.6 Å². The molecule has 17 heavy (non-hydrogen) atoms. The van der Waals surface area contributed by atoms with Gasteiger partial charge in [0.05, 0.1) is 11.1 Å². The van der Waals surface area contributed by atoms with Crippen LogP contribution in [0.1, 0.15) is 5.56 Å². The van der Waals surface area contributed by atoms with E-state index in [9.17, 15) is 13.2 Å². The highest BCUT2D eigenvalue weighted by Crippen LogP contribution is 2.28. The maximum atomic E-state index is 12.5. The second kappa shape index (κ2) is 3.59. The Balaban J connectivity index is 2.56. The Morgan fingerprint density at radius 1 is 1.18 bits per heavy atom. The van der Waals surface area contributed by atoms with Gasteiger partial charge in [-0.2, -0.15) is 18.3 Å². The van der Waals surface area contributed by atoms with Crippen LogP contribution < -0.4 is 5.32 Å². The highest BCUT2D eigenvalue weighted by Gasteiger charge is 2.31. The molecule has 0 aromatic carbocycles. The van der Waals surface area contributed by atoms with Crippen molar-refractivity contribution in [3.05, 3.63) is 30.0 Å². The Hall–Kier alpha value is -1.30. The second-order valence-corrected chi connectivity index (χ2v) is 10.1. The van der Waals surface area contributed by atoms with Crippen LogP contribution in [0.2, 0.25) is 19.6 Å². The first-order chi connectivity index (χ1) is 7.68. The summed E-state index contributed by atoms with van der Waals surface area (Å²) in [5, 5.41) is 5.15. The van der Waals surface area contributed by atoms with Crippen LogP contribution in [0.15, 0.2) is 24.4 Å². The van der Waals surface area contributed by atoms with E-state index in [1.165, 1.54) is 10.6 Å². The summed E-state index contributed by atoms with van der Waals surface area (Å²) < 4.78 is 38.9. The molecule has 0 saturated carbocycles. The number of alkyl halides is 3. The minimum atomic E-state index is -4.32. The smallest absolute Gasteiger partial charge is 0.241 e. The van der Waals surface area contributed by atoms with Crippen molar-refractivity contribution in [3.63, 3.8) is 0 Å². The van der Waals surface area contributed by atoms with Crippen molar-refractivity contribution >= 4 is 18.9 Å². The Morgan fingerprint density at radius 2 is 1.82 bits per heavy atom. The number of hydrogen-bond donors (Lipinski definition) is 0. The molecule has 0 aliphatic rings. The van der Waals surface area contributed by atoms with Gasteiger partial charge in [-0.05, 0) is 18.2 Å². The number of halogens is 3. The van der Waals surface area contributed by atoms with Gasteiger partial charge in [-0.25, -0.2) is 4.52 Å². The van der Waals surface area contributed by atoms with Gasteiger partial charge in [-0.3, -0.25) is 0 Å². The van der Waals surface area contributed by atoms with E-state index >= 15 is 0 Å². The fourth-order valence-corrected chi connectivity index (χ4v) is 2.51. The highest BCUT2D eigenvalue weighted by atomic mass is 28.3. The summed E-state index contributed by atoms with van der Waals surface area (Å²) in [6.07, 6.45) is -3.28. The van der Waals surface area contributed by atoms with Crippen molar-refractivity contribution in [2.45, 2.75) is 25.8 Å². The Kier molecular flexibility index (Phi) is 2.57. The van der Waals surface area contributed by atoms with Crippen molar-refractivity contribution in [3.8, 4) is 0 Å². The SMILES string of the molecule is C[Si](C)(C)c1cc2ccc(C(F)(F)F)cn2n1. The van der Waals surface area contributed by atoms with E-state index in [1.807, 2.05) is 6.07 Å². The van der Waals surface area contributed by atoms with E-state index in [4.69, 9.17) is 0 Å². The van der Waals surface area contributed by atoms with Crippen LogP contribution in [0, 0.1) is 0 Å². The molecule has 0 atom stereocenters. The quantitative estimate of drug-likeness (QED) is 0.719. The predicted molar refractivity (Wildman–Crippen MR) is 63.2 cm³/mol. The number of rotatable bonds is 1. The van der Waals surface area contributed by atoms with Crippen LogP contribution in [0.5, 0.6) is 0 Å². The zero-order chi connectivity index (χ0) is 12.8. The summed E-state index contributed by atoms with van der Waals surface area (Å²) in [6, 6.07) is 4.41. The molecule has 0 N–H and O–H groups in total. The van der Waals surface area contributed by atoms with Crippen LogP contribution >= 0.6 is 0 Å². The maximum Gasteiger partial charge on any atom is 0.417 e. The van der Waals surface area contributed by atoms with Gasteiger partial charge < -0.3 is 0 Å². The number of pyridine rings is 1. The van der Waals surface area contributed by atoms with Crippen LogP contribution in [0.3, 0.4) is 0 Å². The van der Waals surface area contributed by atoms with Crippen molar-refractivity contribution in [1.29, 1.82) is 0 Å². The molecular formula is C11H13F3N2Si. The molecule has 0 unspecified atom stereocenters. The van der Waals surface area contributed by atoms with Gasteiger partial charge in [0.15, 0.2) is 0 Å². The lowest BCUT2D eigenvalue weighted by molar-refractivity contribution is -0.137. The normalized spacial score (nSPS) is 13.3. The third-order valence-corrected chi connectivity index (χ3v) is 4.34. The van der Waals surface area contributed by atoms with Gasteiger partial charge >= 0.3 is 6.18 Å². The lowest BCUT2D eigenvalue weighted by Crippen LogP contribution is -2.38. The Morgan fingerprint density at radius 3 is 2.35 bits per heavy atom. The molecule has 0 spiro atoms. The number of aromatic nitrogens is 2. The third kappa shape index (κ3) is 2.36. The molecule has 92 valence electrons. The van der Waals surface area contributed by atoms with Crippen LogP contribution in [-0.2, 0) is 6.18 Å². The lowest BCUT2D eigenvalue weighted by Gasteiger charge is -2.10. The number of nitrogens with zero attached hydrogens (tertiary/aromatic N) is 2. The van der Waals surface area contributed by atoms with Gasteiger partial charge in [0.1, 0.15) is 8.07 Å². The molecule has 0 saturated heterocycles. The lowest BCUT2D eigenvalue weighted by atomic mass is 10.2. The molecule has 0 bridgehead atoms. The number of fused-ring (bicyclic) bond motifs is 1. The summed E-state index contributed by atoms with van der Waals surface area (Å²) >= 11 is 0. The van der Waals surface area contributed by atoms with E-state index in [1.54, 1.807) is 0 Å². The van der Waals surface area contributed by atoms with E-state index in [0.29, 0.717) is 5.52 Å². The summed E-state index contributed by atoms with van der Waals surface area (Å²) in [6.45, 7) is 6.33. The highest BCUT2D eigenvalue weighted by molar-refractivity contribution is 6.88. The van der Waals surface area contributed by atoms with Crippen LogP contribution in [0.25, 0.3) is 5.52 Å². The molecule has 0 fully saturated rings. The molecule has 2 nitrogen and oxygen atoms in total. The summed E-state index contributed by atoms with van der Waals surface area (Å²) in [5.41, 5.74) is 0.0330. The molecule has 0 aliphatic heterocycles.